The van der Waals surface area contributed by atoms with Gasteiger partial charge in [-0.15, -0.1) is 0 Å². The van der Waals surface area contributed by atoms with E-state index in [1.54, 1.807) is 20.3 Å². The molecular formula is C19H29N2O3+. The van der Waals surface area contributed by atoms with Gasteiger partial charge >= 0.3 is 0 Å². The van der Waals surface area contributed by atoms with E-state index in [9.17, 15) is 4.79 Å². The van der Waals surface area contributed by atoms with Gasteiger partial charge in [-0.05, 0) is 37.3 Å². The van der Waals surface area contributed by atoms with E-state index in [-0.39, 0.29) is 5.91 Å². The maximum Gasteiger partial charge on any atom is 0.279 e. The molecule has 3 rings (SSSR count). The monoisotopic (exact) mass is 333 g/mol. The lowest BCUT2D eigenvalue weighted by molar-refractivity contribution is -0.902. The normalized spacial score (nSPS) is 26.3. The highest BCUT2D eigenvalue weighted by atomic mass is 16.5. The van der Waals surface area contributed by atoms with Crippen LogP contribution >= 0.6 is 0 Å². The highest BCUT2D eigenvalue weighted by Gasteiger charge is 2.34. The molecule has 1 aromatic carbocycles. The largest absolute Gasteiger partial charge is 0.493 e. The van der Waals surface area contributed by atoms with Crippen LogP contribution in [0.15, 0.2) is 18.2 Å². The molecule has 2 fully saturated rings. The summed E-state index contributed by atoms with van der Waals surface area (Å²) in [7, 11) is 3.20. The number of carbonyl (C=O) groups is 1. The number of fused-ring (bicyclic) bond motifs is 1. The third-order valence-corrected chi connectivity index (χ3v) is 5.56. The molecule has 5 heteroatoms. The van der Waals surface area contributed by atoms with Crippen molar-refractivity contribution in [1.29, 1.82) is 0 Å². The molecule has 0 bridgehead atoms. The van der Waals surface area contributed by atoms with Gasteiger partial charge in [0.05, 0.1) is 27.3 Å². The van der Waals surface area contributed by atoms with E-state index < -0.39 is 0 Å². The van der Waals surface area contributed by atoms with Gasteiger partial charge in [-0.3, -0.25) is 4.79 Å². The van der Waals surface area contributed by atoms with Gasteiger partial charge in [0.2, 0.25) is 0 Å². The number of likely N-dealkylation sites (tertiary alicyclic amines) is 1. The first-order chi connectivity index (χ1) is 11.7. The molecule has 1 aliphatic carbocycles. The number of piperidine rings is 1. The van der Waals surface area contributed by atoms with E-state index in [4.69, 9.17) is 9.47 Å². The third kappa shape index (κ3) is 4.01. The fourth-order valence-corrected chi connectivity index (χ4v) is 4.30. The van der Waals surface area contributed by atoms with Gasteiger partial charge in [-0.25, -0.2) is 0 Å². The Morgan fingerprint density at radius 2 is 1.88 bits per heavy atom. The smallest absolute Gasteiger partial charge is 0.279 e. The van der Waals surface area contributed by atoms with Gasteiger partial charge in [0.1, 0.15) is 0 Å². The summed E-state index contributed by atoms with van der Waals surface area (Å²) >= 11 is 0. The number of carbonyl (C=O) groups excluding carboxylic acids is 1. The number of nitrogens with one attached hydrogen (secondary N) is 2. The molecule has 1 aliphatic heterocycles. The molecule has 0 aromatic heterocycles. The van der Waals surface area contributed by atoms with Crippen LogP contribution in [-0.2, 0) is 4.79 Å². The second kappa shape index (κ2) is 7.88. The minimum absolute atomic E-state index is 0.0754. The zero-order chi connectivity index (χ0) is 16.9. The minimum atomic E-state index is 0.0754. The summed E-state index contributed by atoms with van der Waals surface area (Å²) in [6.07, 6.45) is 6.80. The molecule has 1 amide bonds. The Balaban J connectivity index is 1.54. The Hall–Kier alpha value is -1.75. The maximum absolute atomic E-state index is 12.4. The van der Waals surface area contributed by atoms with Gasteiger partial charge in [0, 0.05) is 17.7 Å². The number of benzene rings is 1. The highest BCUT2D eigenvalue weighted by Crippen LogP contribution is 2.32. The number of methoxy groups -OCH3 is 2. The predicted octanol–water partition coefficient (Wildman–Crippen LogP) is 1.74. The summed E-state index contributed by atoms with van der Waals surface area (Å²) in [4.78, 5) is 13.8. The average Bonchev–Trinajstić information content (AvgIpc) is 2.61. The van der Waals surface area contributed by atoms with Crippen LogP contribution in [0.2, 0.25) is 0 Å². The molecule has 1 unspecified atom stereocenters. The van der Waals surface area contributed by atoms with Crippen LogP contribution in [0.3, 0.4) is 0 Å². The van der Waals surface area contributed by atoms with E-state index in [1.807, 2.05) is 12.1 Å². The molecule has 2 aliphatic rings. The summed E-state index contributed by atoms with van der Waals surface area (Å²) < 4.78 is 10.5. The van der Waals surface area contributed by atoms with Crippen LogP contribution in [0, 0.1) is 11.8 Å². The molecular weight excluding hydrogens is 304 g/mol. The molecule has 0 radical (unpaired) electrons. The van der Waals surface area contributed by atoms with Gasteiger partial charge in [-0.2, -0.15) is 0 Å². The van der Waals surface area contributed by atoms with E-state index in [0.717, 1.165) is 30.6 Å². The molecule has 2 N–H and O–H groups in total. The molecule has 1 heterocycles. The summed E-state index contributed by atoms with van der Waals surface area (Å²) in [5.74, 6) is 3.12. The highest BCUT2D eigenvalue weighted by molar-refractivity contribution is 5.91. The zero-order valence-electron chi connectivity index (χ0n) is 14.8. The standard InChI is InChI=1S/C19H28N2O3/c1-23-17-8-7-16(11-18(17)24-2)20-19(22)13-21-10-9-14-5-3-4-6-15(14)12-21/h7-8,11,14-15H,3-6,9-10,12-13H2,1-2H3,(H,20,22)/p+1/t14-,15-/m1/s1. The van der Waals surface area contributed by atoms with Crippen LogP contribution in [-0.4, -0.2) is 39.8 Å². The molecule has 3 atom stereocenters. The molecule has 1 saturated carbocycles. The first kappa shape index (κ1) is 17.1. The van der Waals surface area contributed by atoms with Crippen molar-refractivity contribution in [2.24, 2.45) is 11.8 Å². The summed E-state index contributed by atoms with van der Waals surface area (Å²) in [6, 6.07) is 5.47. The minimum Gasteiger partial charge on any atom is -0.493 e. The maximum atomic E-state index is 12.4. The second-order valence-electron chi connectivity index (χ2n) is 7.09. The molecule has 24 heavy (non-hydrogen) atoms. The number of amides is 1. The molecule has 1 saturated heterocycles. The fourth-order valence-electron chi connectivity index (χ4n) is 4.30. The Morgan fingerprint density at radius 3 is 2.62 bits per heavy atom. The summed E-state index contributed by atoms with van der Waals surface area (Å²) in [5.41, 5.74) is 0.754. The lowest BCUT2D eigenvalue weighted by atomic mass is 9.75. The van der Waals surface area contributed by atoms with Gasteiger partial charge in [0.25, 0.3) is 5.91 Å². The van der Waals surface area contributed by atoms with Gasteiger partial charge < -0.3 is 19.7 Å². The van der Waals surface area contributed by atoms with Crippen molar-refractivity contribution in [2.45, 2.75) is 32.1 Å². The van der Waals surface area contributed by atoms with Crippen molar-refractivity contribution in [1.82, 2.24) is 0 Å². The summed E-state index contributed by atoms with van der Waals surface area (Å²) in [6.45, 7) is 2.84. The lowest BCUT2D eigenvalue weighted by Crippen LogP contribution is -3.15. The van der Waals surface area contributed by atoms with E-state index in [0.29, 0.717) is 18.0 Å². The van der Waals surface area contributed by atoms with Gasteiger partial charge in [0.15, 0.2) is 18.0 Å². The van der Waals surface area contributed by atoms with E-state index >= 15 is 0 Å². The second-order valence-corrected chi connectivity index (χ2v) is 7.09. The topological polar surface area (TPSA) is 52.0 Å². The quantitative estimate of drug-likeness (QED) is 0.863. The van der Waals surface area contributed by atoms with Crippen LogP contribution in [0.4, 0.5) is 5.69 Å². The van der Waals surface area contributed by atoms with Crippen LogP contribution in [0.1, 0.15) is 32.1 Å². The molecule has 0 spiro atoms. The van der Waals surface area contributed by atoms with Crippen LogP contribution < -0.4 is 19.7 Å². The van der Waals surface area contributed by atoms with Crippen molar-refractivity contribution in [2.75, 3.05) is 39.2 Å². The lowest BCUT2D eigenvalue weighted by Gasteiger charge is -2.38. The number of hydrogen-bond acceptors (Lipinski definition) is 3. The SMILES string of the molecule is COc1ccc(NC(=O)C[NH+]2CC[C@H]3CCCC[C@@H]3C2)cc1OC. The number of ether oxygens (including phenoxy) is 2. The average molecular weight is 333 g/mol. The number of anilines is 1. The Kier molecular flexibility index (Phi) is 5.61. The summed E-state index contributed by atoms with van der Waals surface area (Å²) in [5, 5.41) is 2.99. The number of quaternary nitrogens is 1. The first-order valence-corrected chi connectivity index (χ1v) is 9.05. The van der Waals surface area contributed by atoms with Crippen LogP contribution in [0.5, 0.6) is 11.5 Å². The number of rotatable bonds is 5. The Morgan fingerprint density at radius 1 is 1.12 bits per heavy atom. The van der Waals surface area contributed by atoms with E-state index in [2.05, 4.69) is 5.32 Å². The van der Waals surface area contributed by atoms with Crippen molar-refractivity contribution in [3.8, 4) is 11.5 Å². The van der Waals surface area contributed by atoms with E-state index in [1.165, 1.54) is 37.0 Å². The fraction of sp³-hybridized carbons (Fsp3) is 0.632. The first-order valence-electron chi connectivity index (χ1n) is 9.05. The Labute approximate surface area is 144 Å². The van der Waals surface area contributed by atoms with Gasteiger partial charge in [-0.1, -0.05) is 12.8 Å². The van der Waals surface area contributed by atoms with Crippen LogP contribution in [0.25, 0.3) is 0 Å². The molecule has 5 nitrogen and oxygen atoms in total. The molecule has 132 valence electrons. The van der Waals surface area contributed by atoms with Crippen molar-refractivity contribution in [3.63, 3.8) is 0 Å². The zero-order valence-corrected chi connectivity index (χ0v) is 14.8. The molecule has 1 aromatic rings. The van der Waals surface area contributed by atoms with Crippen molar-refractivity contribution < 1.29 is 19.2 Å². The Bertz CT molecular complexity index is 576. The number of hydrogen-bond donors (Lipinski definition) is 2. The third-order valence-electron chi connectivity index (χ3n) is 5.56. The van der Waals surface area contributed by atoms with Crippen molar-refractivity contribution in [3.05, 3.63) is 18.2 Å². The van der Waals surface area contributed by atoms with Crippen molar-refractivity contribution >= 4 is 11.6 Å². The predicted molar refractivity (Wildman–Crippen MR) is 93.8 cm³/mol.